The summed E-state index contributed by atoms with van der Waals surface area (Å²) in [5.41, 5.74) is 2.99. The Bertz CT molecular complexity index is 1120. The highest BCUT2D eigenvalue weighted by atomic mass is 80.0. The average Bonchev–Trinajstić information content (AvgIpc) is 2.81. The Balaban J connectivity index is 0.000000270. The molecule has 0 amide bonds. The van der Waals surface area contributed by atoms with Crippen molar-refractivity contribution in [3.8, 4) is 22.8 Å². The van der Waals surface area contributed by atoms with Gasteiger partial charge >= 0.3 is 0 Å². The minimum Gasteiger partial charge on any atom is -0.618 e. The topological polar surface area (TPSA) is 65.6 Å². The van der Waals surface area contributed by atoms with Gasteiger partial charge < -0.3 is 5.21 Å². The fourth-order valence-corrected chi connectivity index (χ4v) is 2.89. The number of hydrogen-bond donors (Lipinski definition) is 0. The van der Waals surface area contributed by atoms with Crippen LogP contribution in [0.1, 0.15) is 0 Å². The Hall–Kier alpha value is 0.100. The molecule has 4 aromatic rings. The van der Waals surface area contributed by atoms with Crippen LogP contribution in [0.3, 0.4) is 0 Å². The van der Waals surface area contributed by atoms with Crippen molar-refractivity contribution in [2.75, 3.05) is 0 Å². The summed E-state index contributed by atoms with van der Waals surface area (Å²) in [6.07, 6.45) is 6.64. The van der Waals surface area contributed by atoms with Crippen LogP contribution >= 0.6 is 117 Å². The lowest BCUT2D eigenvalue weighted by molar-refractivity contribution is -0.593. The molecule has 0 bridgehead atoms. The van der Waals surface area contributed by atoms with Crippen LogP contribution in [0.5, 0.6) is 0 Å². The number of pyridine rings is 4. The van der Waals surface area contributed by atoms with E-state index in [1.165, 1.54) is 6.20 Å². The lowest BCUT2D eigenvalue weighted by Gasteiger charge is -2.03. The maximum Gasteiger partial charge on any atom is 0.243 e. The van der Waals surface area contributed by atoms with Crippen molar-refractivity contribution in [2.45, 2.75) is 4.30 Å². The molecular formula is C21H15Br5Cl3N4OP. The van der Waals surface area contributed by atoms with Gasteiger partial charge in [-0.3, -0.25) is 9.97 Å². The monoisotopic (exact) mass is 870 g/mol. The van der Waals surface area contributed by atoms with Crippen LogP contribution in [-0.4, -0.2) is 19.2 Å². The van der Waals surface area contributed by atoms with Crippen LogP contribution < -0.4 is 4.73 Å². The lowest BCUT2D eigenvalue weighted by atomic mass is 10.2. The summed E-state index contributed by atoms with van der Waals surface area (Å²) in [5.74, 6) is 0. The largest absolute Gasteiger partial charge is 0.618 e. The second kappa shape index (κ2) is 19.2. The van der Waals surface area contributed by atoms with E-state index in [1.807, 2.05) is 42.5 Å². The van der Waals surface area contributed by atoms with Crippen LogP contribution in [-0.2, 0) is 0 Å². The standard InChI is InChI=1S/C10H7BrN2O.C10H7BrN2.CHCl3.Br3P/c11-8-4-6-13(14)10(7-8)9-3-1-2-5-12-9;11-8-4-6-13-10(7-8)9-3-1-2-5-12-9;2-1(3)4;1-4(2)3/h1-7H;1-7H;1H;. The Kier molecular flexibility index (Phi) is 18.2. The Morgan fingerprint density at radius 2 is 1.20 bits per heavy atom. The smallest absolute Gasteiger partial charge is 0.243 e. The van der Waals surface area contributed by atoms with Gasteiger partial charge in [0.1, 0.15) is 9.72 Å². The van der Waals surface area contributed by atoms with E-state index in [2.05, 4.69) is 93.3 Å². The van der Waals surface area contributed by atoms with E-state index >= 15 is 0 Å². The van der Waals surface area contributed by atoms with Crippen molar-refractivity contribution in [3.05, 3.63) is 99.6 Å². The summed E-state index contributed by atoms with van der Waals surface area (Å²) in [5, 5.41) is 11.4. The molecule has 0 saturated heterocycles. The van der Waals surface area contributed by atoms with E-state index in [0.29, 0.717) is 11.4 Å². The Morgan fingerprint density at radius 1 is 0.714 bits per heavy atom. The van der Waals surface area contributed by atoms with Gasteiger partial charge in [0.2, 0.25) is 5.69 Å². The van der Waals surface area contributed by atoms with Crippen LogP contribution in [0.25, 0.3) is 22.8 Å². The molecule has 14 heteroatoms. The molecule has 0 spiro atoms. The minimum absolute atomic E-state index is 0.183. The highest BCUT2D eigenvalue weighted by Crippen LogP contribution is 2.59. The highest BCUT2D eigenvalue weighted by molar-refractivity contribution is 9.93. The summed E-state index contributed by atoms with van der Waals surface area (Å²) in [7, 11) is 0. The molecular weight excluding hydrogens is 861 g/mol. The van der Waals surface area contributed by atoms with Crippen molar-refractivity contribution in [1.29, 1.82) is 0 Å². The highest BCUT2D eigenvalue weighted by Gasteiger charge is 2.09. The minimum atomic E-state index is -0.750. The number of alkyl halides is 3. The molecule has 0 aliphatic rings. The summed E-state index contributed by atoms with van der Waals surface area (Å²) < 4.78 is 1.75. The normalized spacial score (nSPS) is 9.77. The summed E-state index contributed by atoms with van der Waals surface area (Å²) in [6, 6.07) is 18.5. The molecule has 0 fully saturated rings. The number of rotatable bonds is 2. The predicted molar refractivity (Wildman–Crippen MR) is 167 cm³/mol. The second-order valence-corrected chi connectivity index (χ2v) is 24.9. The van der Waals surface area contributed by atoms with Gasteiger partial charge in [0.25, 0.3) is 0 Å². The Morgan fingerprint density at radius 3 is 1.69 bits per heavy atom. The number of nitrogens with zero attached hydrogens (tertiary/aromatic N) is 4. The van der Waals surface area contributed by atoms with Gasteiger partial charge in [-0.1, -0.05) is 78.8 Å². The molecule has 0 atom stereocenters. The first-order valence-corrected chi connectivity index (χ1v) is 19.4. The molecule has 0 aromatic carbocycles. The molecule has 4 aromatic heterocycles. The van der Waals surface area contributed by atoms with Crippen molar-refractivity contribution in [1.82, 2.24) is 15.0 Å². The summed E-state index contributed by atoms with van der Waals surface area (Å²) >= 11 is 30.6. The molecule has 0 N–H and O–H groups in total. The van der Waals surface area contributed by atoms with E-state index in [0.717, 1.165) is 25.1 Å². The third-order valence-electron chi connectivity index (χ3n) is 3.46. The van der Waals surface area contributed by atoms with Crippen molar-refractivity contribution < 1.29 is 4.73 Å². The molecule has 0 aliphatic heterocycles. The Labute approximate surface area is 260 Å². The molecule has 0 radical (unpaired) electrons. The van der Waals surface area contributed by atoms with Crippen LogP contribution in [0.15, 0.2) is 94.4 Å². The molecule has 4 heterocycles. The van der Waals surface area contributed by atoms with Crippen LogP contribution in [0.4, 0.5) is 0 Å². The zero-order valence-corrected chi connectivity index (χ0v) is 28.4. The van der Waals surface area contributed by atoms with E-state index in [1.54, 1.807) is 36.8 Å². The van der Waals surface area contributed by atoms with Crippen LogP contribution in [0, 0.1) is 5.21 Å². The fourth-order valence-electron chi connectivity index (χ4n) is 2.22. The quantitative estimate of drug-likeness (QED) is 0.0871. The molecule has 4 rings (SSSR count). The van der Waals surface area contributed by atoms with E-state index < -0.39 is 4.30 Å². The zero-order chi connectivity index (χ0) is 26.2. The SMILES string of the molecule is BrP(Br)Br.Brc1ccnc(-c2ccccn2)c1.ClC(Cl)Cl.[O-][n+]1ccc(Br)cc1-c1ccccn1. The molecule has 5 nitrogen and oxygen atoms in total. The summed E-state index contributed by atoms with van der Waals surface area (Å²) in [4.78, 5) is 12.5. The maximum absolute atomic E-state index is 11.4. The van der Waals surface area contributed by atoms with E-state index in [4.69, 9.17) is 34.8 Å². The van der Waals surface area contributed by atoms with Crippen LogP contribution in [0.2, 0.25) is 0 Å². The molecule has 0 saturated carbocycles. The van der Waals surface area contributed by atoms with Gasteiger partial charge in [0, 0.05) is 39.7 Å². The first kappa shape index (κ1) is 33.1. The molecule has 0 aliphatic carbocycles. The van der Waals surface area contributed by atoms with Gasteiger partial charge in [-0.05, 0) is 82.9 Å². The molecule has 35 heavy (non-hydrogen) atoms. The van der Waals surface area contributed by atoms with Gasteiger partial charge in [-0.15, -0.1) is 0 Å². The predicted octanol–water partition coefficient (Wildman–Crippen LogP) is 10.4. The number of aromatic nitrogens is 4. The third-order valence-corrected chi connectivity index (χ3v) is 4.44. The summed E-state index contributed by atoms with van der Waals surface area (Å²) in [6.45, 7) is 0. The van der Waals surface area contributed by atoms with Gasteiger partial charge in [0.05, 0.1) is 11.4 Å². The first-order chi connectivity index (χ1) is 16.6. The first-order valence-electron chi connectivity index (χ1n) is 9.13. The third kappa shape index (κ3) is 15.8. The van der Waals surface area contributed by atoms with Gasteiger partial charge in [-0.2, -0.15) is 4.73 Å². The van der Waals surface area contributed by atoms with Crippen molar-refractivity contribution >= 4 is 117 Å². The fraction of sp³-hybridized carbons (Fsp3) is 0.0476. The van der Waals surface area contributed by atoms with Gasteiger partial charge in [0.15, 0.2) is 10.5 Å². The second-order valence-electron chi connectivity index (χ2n) is 5.78. The molecule has 0 unspecified atom stereocenters. The number of halogens is 8. The number of hydrogen-bond acceptors (Lipinski definition) is 4. The van der Waals surface area contributed by atoms with E-state index in [9.17, 15) is 5.21 Å². The zero-order valence-electron chi connectivity index (χ0n) is 17.3. The lowest BCUT2D eigenvalue weighted by Crippen LogP contribution is -2.28. The van der Waals surface area contributed by atoms with Gasteiger partial charge in [-0.25, -0.2) is 4.98 Å². The average molecular weight is 876 g/mol. The molecule has 186 valence electrons. The van der Waals surface area contributed by atoms with Crippen molar-refractivity contribution in [3.63, 3.8) is 0 Å². The maximum atomic E-state index is 11.4. The van der Waals surface area contributed by atoms with Crippen molar-refractivity contribution in [2.24, 2.45) is 0 Å². The van der Waals surface area contributed by atoms with E-state index in [-0.39, 0.29) is 4.03 Å².